The van der Waals surface area contributed by atoms with E-state index in [1.54, 1.807) is 18.2 Å². The molecule has 3 unspecified atom stereocenters. The fourth-order valence-electron chi connectivity index (χ4n) is 9.08. The van der Waals surface area contributed by atoms with Gasteiger partial charge in [-0.05, 0) is 75.1 Å². The summed E-state index contributed by atoms with van der Waals surface area (Å²) in [7, 11) is 0. The van der Waals surface area contributed by atoms with E-state index in [1.807, 2.05) is 23.1 Å². The van der Waals surface area contributed by atoms with Gasteiger partial charge >= 0.3 is 0 Å². The van der Waals surface area contributed by atoms with Crippen LogP contribution in [0.2, 0.25) is 0 Å². The summed E-state index contributed by atoms with van der Waals surface area (Å²) in [6.45, 7) is 10.4. The largest absolute Gasteiger partial charge is 0.383 e. The van der Waals surface area contributed by atoms with Crippen LogP contribution in [0.3, 0.4) is 0 Å². The molecule has 5 amide bonds. The van der Waals surface area contributed by atoms with Crippen LogP contribution >= 0.6 is 0 Å². The van der Waals surface area contributed by atoms with Crippen molar-refractivity contribution < 1.29 is 43.2 Å². The van der Waals surface area contributed by atoms with Crippen LogP contribution in [0.5, 0.6) is 0 Å². The Labute approximate surface area is 370 Å². The van der Waals surface area contributed by atoms with Crippen LogP contribution in [-0.4, -0.2) is 140 Å². The molecule has 8 rings (SSSR count). The van der Waals surface area contributed by atoms with Crippen molar-refractivity contribution in [1.82, 2.24) is 30.7 Å². The summed E-state index contributed by atoms with van der Waals surface area (Å²) in [5.41, 5.74) is 8.46. The van der Waals surface area contributed by atoms with Crippen molar-refractivity contribution in [3.05, 3.63) is 76.9 Å². The zero-order chi connectivity index (χ0) is 45.1. The quantitative estimate of drug-likeness (QED) is 0.0966. The number of quaternary nitrogens is 1. The van der Waals surface area contributed by atoms with Crippen molar-refractivity contribution >= 4 is 52.3 Å². The van der Waals surface area contributed by atoms with Gasteiger partial charge in [-0.25, -0.2) is 8.78 Å². The number of amides is 5. The molecule has 0 spiro atoms. The first kappa shape index (κ1) is 44.9. The molecule has 64 heavy (non-hydrogen) atoms. The summed E-state index contributed by atoms with van der Waals surface area (Å²) in [5.74, 6) is -3.49. The first-order valence-corrected chi connectivity index (χ1v) is 22.2. The maximum Gasteiger partial charge on any atom is 0.262 e. The number of nitrogens with zero attached hydrogens (tertiary/aromatic N) is 4. The highest BCUT2D eigenvalue weighted by atomic mass is 19.1. The number of carbonyl (C=O) groups excluding carboxylic acids is 5. The number of morpholine rings is 1. The zero-order valence-corrected chi connectivity index (χ0v) is 36.4. The highest BCUT2D eigenvalue weighted by Crippen LogP contribution is 2.41. The second-order valence-electron chi connectivity index (χ2n) is 17.7. The van der Waals surface area contributed by atoms with Gasteiger partial charge in [0, 0.05) is 81.6 Å². The van der Waals surface area contributed by atoms with Gasteiger partial charge in [0.25, 0.3) is 11.8 Å². The van der Waals surface area contributed by atoms with E-state index in [-0.39, 0.29) is 60.6 Å². The topological polar surface area (TPSA) is 204 Å². The number of nitrogens with one attached hydrogen (secondary N) is 5. The molecule has 0 radical (unpaired) electrons. The van der Waals surface area contributed by atoms with Gasteiger partial charge in [0.1, 0.15) is 17.7 Å². The van der Waals surface area contributed by atoms with Crippen LogP contribution in [0, 0.1) is 17.0 Å². The third-order valence-corrected chi connectivity index (χ3v) is 13.3. The van der Waals surface area contributed by atoms with Crippen molar-refractivity contribution in [2.24, 2.45) is 10.4 Å². The third kappa shape index (κ3) is 9.56. The number of carbonyl (C=O) groups is 5. The van der Waals surface area contributed by atoms with Crippen LogP contribution in [-0.2, 0) is 25.7 Å². The number of benzene rings is 3. The van der Waals surface area contributed by atoms with Crippen LogP contribution < -0.4 is 32.3 Å². The van der Waals surface area contributed by atoms with Crippen molar-refractivity contribution in [2.75, 3.05) is 82.8 Å². The first-order valence-electron chi connectivity index (χ1n) is 22.2. The Hall–Kier alpha value is -5.66. The zero-order valence-electron chi connectivity index (χ0n) is 36.4. The number of likely N-dealkylation sites (tertiary alicyclic amines) is 1. The maximum atomic E-state index is 15.5. The second kappa shape index (κ2) is 19.2. The first-order chi connectivity index (χ1) is 30.8. The smallest absolute Gasteiger partial charge is 0.262 e. The molecule has 3 fully saturated rings. The normalized spacial score (nSPS) is 21.0. The number of anilines is 2. The number of ether oxygens (including phenoxy) is 1. The van der Waals surface area contributed by atoms with Crippen molar-refractivity contribution in [3.8, 4) is 11.1 Å². The molecule has 5 heterocycles. The maximum absolute atomic E-state index is 15.5. The monoisotopic (exact) mass is 883 g/mol. The third-order valence-electron chi connectivity index (χ3n) is 13.3. The highest BCUT2D eigenvalue weighted by molar-refractivity contribution is 6.23. The molecule has 18 heteroatoms. The van der Waals surface area contributed by atoms with E-state index in [9.17, 15) is 24.0 Å². The van der Waals surface area contributed by atoms with E-state index >= 15 is 8.78 Å². The van der Waals surface area contributed by atoms with Gasteiger partial charge < -0.3 is 31.7 Å². The van der Waals surface area contributed by atoms with Crippen LogP contribution in [0.1, 0.15) is 65.8 Å². The van der Waals surface area contributed by atoms with Gasteiger partial charge in [0.2, 0.25) is 17.7 Å². The molecule has 340 valence electrons. The summed E-state index contributed by atoms with van der Waals surface area (Å²) in [5, 5.41) is 15.6. The summed E-state index contributed by atoms with van der Waals surface area (Å²) in [6.07, 6.45) is 1.85. The average molecular weight is 884 g/mol. The number of aliphatic imine (C=N–C) groups is 1. The summed E-state index contributed by atoms with van der Waals surface area (Å²) >= 11 is 0. The van der Waals surface area contributed by atoms with E-state index in [1.165, 1.54) is 12.1 Å². The van der Waals surface area contributed by atoms with Gasteiger partial charge in [-0.2, -0.15) is 0 Å². The lowest BCUT2D eigenvalue weighted by molar-refractivity contribution is -0.432. The highest BCUT2D eigenvalue weighted by Gasteiger charge is 2.45. The Bertz CT molecular complexity index is 2320. The Morgan fingerprint density at radius 2 is 1.67 bits per heavy atom. The van der Waals surface area contributed by atoms with Gasteiger partial charge in [0.15, 0.2) is 0 Å². The lowest BCUT2D eigenvalue weighted by Gasteiger charge is -2.38. The number of hydrogen-bond donors (Lipinski definition) is 6. The molecule has 0 saturated carbocycles. The average Bonchev–Trinajstić information content (AvgIpc) is 3.53. The molecule has 3 saturated heterocycles. The molecule has 8 N–H and O–H groups in total. The van der Waals surface area contributed by atoms with E-state index in [4.69, 9.17) is 9.73 Å². The molecule has 5 aliphatic rings. The lowest BCUT2D eigenvalue weighted by Crippen LogP contribution is -2.71. The standard InChI is InChI=1S/C46H56F2N10O6/c1-27(49)46(2,39-23-52-37-5-3-4-31(42(37)54-39)28-20-35(47)34(36(48)21-28)24-57-16-18-64-19-17-57)26-53-29-10-14-56(15-11-29)25-41(60)51-13-12-50-30-6-7-32-33(22-30)45(63)58(44(32)62)38-8-9-40(59)55-43(38)61/h3-7,20-22,27,29,38,50,52-53H,8-19,23-26,49H2,1-2H3,(H,51,60)(H,55,59,61)/p+1. The molecule has 0 aromatic heterocycles. The van der Waals surface area contributed by atoms with E-state index in [2.05, 4.69) is 51.1 Å². The van der Waals surface area contributed by atoms with Crippen LogP contribution in [0.25, 0.3) is 11.1 Å². The Kier molecular flexibility index (Phi) is 13.5. The summed E-state index contributed by atoms with van der Waals surface area (Å²) in [6, 6.07) is 12.4. The van der Waals surface area contributed by atoms with Crippen molar-refractivity contribution in [3.63, 3.8) is 0 Å². The fourth-order valence-corrected chi connectivity index (χ4v) is 9.08. The van der Waals surface area contributed by atoms with Gasteiger partial charge in [-0.3, -0.25) is 49.0 Å². The molecule has 0 aliphatic carbocycles. The Morgan fingerprint density at radius 3 is 2.39 bits per heavy atom. The van der Waals surface area contributed by atoms with E-state index in [0.29, 0.717) is 75.0 Å². The molecular weight excluding hydrogens is 827 g/mol. The second-order valence-corrected chi connectivity index (χ2v) is 17.7. The predicted molar refractivity (Wildman–Crippen MR) is 236 cm³/mol. The predicted octanol–water partition coefficient (Wildman–Crippen LogP) is 2.28. The van der Waals surface area contributed by atoms with Crippen molar-refractivity contribution in [2.45, 2.75) is 64.2 Å². The molecule has 0 bridgehead atoms. The van der Waals surface area contributed by atoms with Gasteiger partial charge in [-0.1, -0.05) is 12.1 Å². The van der Waals surface area contributed by atoms with E-state index < -0.39 is 46.7 Å². The molecule has 16 nitrogen and oxygen atoms in total. The SMILES string of the molecule is CC([NH3+])C(C)(CNC1CCN(CC(=O)NCCNc2ccc3c(c2)C(=O)N(C2CCC(=O)NC2=O)C3=O)CC1)C1=Nc2c(cccc2-c2cc(F)c(CN3CCOCC3)c(F)c2)NC1. The van der Waals surface area contributed by atoms with Gasteiger partial charge in [-0.15, -0.1) is 0 Å². The number of piperidine rings is 2. The summed E-state index contributed by atoms with van der Waals surface area (Å²) < 4.78 is 36.4. The minimum atomic E-state index is -1.03. The molecule has 5 aliphatic heterocycles. The molecule has 3 aromatic rings. The number of rotatable bonds is 15. The number of halogens is 2. The number of fused-ring (bicyclic) bond motifs is 2. The lowest BCUT2D eigenvalue weighted by atomic mass is 9.77. The Balaban J connectivity index is 0.804. The van der Waals surface area contributed by atoms with E-state index in [0.717, 1.165) is 42.2 Å². The number of para-hydroxylation sites is 1. The van der Waals surface area contributed by atoms with Crippen LogP contribution in [0.4, 0.5) is 25.8 Å². The Morgan fingerprint density at radius 1 is 0.938 bits per heavy atom. The summed E-state index contributed by atoms with van der Waals surface area (Å²) in [4.78, 5) is 73.2. The van der Waals surface area contributed by atoms with Crippen molar-refractivity contribution in [1.29, 1.82) is 0 Å². The number of imide groups is 2. The fraction of sp³-hybridized carbons (Fsp3) is 0.478. The van der Waals surface area contributed by atoms with Crippen LogP contribution in [0.15, 0.2) is 53.5 Å². The minimum absolute atomic E-state index is 0.0216. The minimum Gasteiger partial charge on any atom is -0.383 e. The molecular formula is C46H57F2N10O6+. The van der Waals surface area contributed by atoms with Gasteiger partial charge in [0.05, 0.1) is 66.0 Å². The number of hydrogen-bond acceptors (Lipinski definition) is 12. The molecule has 3 atom stereocenters. The molecule has 3 aromatic carbocycles.